The van der Waals surface area contributed by atoms with E-state index in [4.69, 9.17) is 4.74 Å². The van der Waals surface area contributed by atoms with Crippen molar-refractivity contribution in [3.63, 3.8) is 0 Å². The first kappa shape index (κ1) is 11.2. The Kier molecular flexibility index (Phi) is 3.28. The molecule has 1 atom stereocenters. The van der Waals surface area contributed by atoms with Crippen LogP contribution in [0, 0.1) is 12.8 Å². The Labute approximate surface area is 97.4 Å². The van der Waals surface area contributed by atoms with E-state index in [0.29, 0.717) is 12.0 Å². The molecule has 2 rings (SSSR count). The minimum atomic E-state index is 0.346. The molecule has 1 heterocycles. The molecule has 16 heavy (non-hydrogen) atoms. The van der Waals surface area contributed by atoms with E-state index in [-0.39, 0.29) is 0 Å². The molecule has 0 spiro atoms. The standard InChI is InChI=1S/C14H19NO/c1-10(2)13-9-16-14(15-13)8-12-7-5-4-6-11(12)3/h4-7,10,13H,8-9H2,1-3H3. The fourth-order valence-electron chi connectivity index (χ4n) is 1.85. The van der Waals surface area contributed by atoms with Gasteiger partial charge in [0.25, 0.3) is 0 Å². The average molecular weight is 217 g/mol. The van der Waals surface area contributed by atoms with Crippen molar-refractivity contribution in [3.05, 3.63) is 35.4 Å². The number of aryl methyl sites for hydroxylation is 1. The van der Waals surface area contributed by atoms with Gasteiger partial charge < -0.3 is 4.74 Å². The van der Waals surface area contributed by atoms with Crippen molar-refractivity contribution in [1.29, 1.82) is 0 Å². The van der Waals surface area contributed by atoms with Gasteiger partial charge in [-0.1, -0.05) is 38.1 Å². The third kappa shape index (κ3) is 2.43. The van der Waals surface area contributed by atoms with Crippen LogP contribution in [0.25, 0.3) is 0 Å². The number of rotatable bonds is 3. The van der Waals surface area contributed by atoms with Gasteiger partial charge >= 0.3 is 0 Å². The molecule has 0 aliphatic carbocycles. The van der Waals surface area contributed by atoms with Gasteiger partial charge in [0, 0.05) is 6.42 Å². The fraction of sp³-hybridized carbons (Fsp3) is 0.500. The van der Waals surface area contributed by atoms with Crippen LogP contribution >= 0.6 is 0 Å². The first-order valence-electron chi connectivity index (χ1n) is 5.91. The lowest BCUT2D eigenvalue weighted by Crippen LogP contribution is -2.13. The van der Waals surface area contributed by atoms with Gasteiger partial charge in [0.2, 0.25) is 0 Å². The van der Waals surface area contributed by atoms with Crippen molar-refractivity contribution in [2.45, 2.75) is 33.2 Å². The molecular formula is C14H19NO. The van der Waals surface area contributed by atoms with Crippen molar-refractivity contribution >= 4 is 5.90 Å². The highest BCUT2D eigenvalue weighted by molar-refractivity contribution is 5.80. The number of ether oxygens (including phenoxy) is 1. The predicted molar refractivity (Wildman–Crippen MR) is 66.9 cm³/mol. The van der Waals surface area contributed by atoms with Crippen LogP contribution in [0.5, 0.6) is 0 Å². The summed E-state index contributed by atoms with van der Waals surface area (Å²) in [6.45, 7) is 7.26. The lowest BCUT2D eigenvalue weighted by atomic mass is 10.1. The molecule has 0 fully saturated rings. The smallest absolute Gasteiger partial charge is 0.188 e. The average Bonchev–Trinajstić information content (AvgIpc) is 2.70. The van der Waals surface area contributed by atoms with Crippen LogP contribution in [0.4, 0.5) is 0 Å². The Hall–Kier alpha value is -1.31. The molecule has 0 aromatic heterocycles. The molecule has 1 unspecified atom stereocenters. The van der Waals surface area contributed by atoms with Crippen LogP contribution in [-0.2, 0) is 11.2 Å². The summed E-state index contributed by atoms with van der Waals surface area (Å²) in [5.74, 6) is 1.46. The van der Waals surface area contributed by atoms with E-state index in [2.05, 4.69) is 50.0 Å². The first-order valence-corrected chi connectivity index (χ1v) is 5.91. The maximum absolute atomic E-state index is 5.64. The zero-order chi connectivity index (χ0) is 11.5. The summed E-state index contributed by atoms with van der Waals surface area (Å²) in [6.07, 6.45) is 0.829. The maximum atomic E-state index is 5.64. The molecule has 0 N–H and O–H groups in total. The number of aliphatic imine (C=N–C) groups is 1. The van der Waals surface area contributed by atoms with E-state index in [1.165, 1.54) is 11.1 Å². The highest BCUT2D eigenvalue weighted by Gasteiger charge is 2.21. The lowest BCUT2D eigenvalue weighted by Gasteiger charge is -2.06. The molecule has 2 nitrogen and oxygen atoms in total. The summed E-state index contributed by atoms with van der Waals surface area (Å²) in [5.41, 5.74) is 2.62. The summed E-state index contributed by atoms with van der Waals surface area (Å²) < 4.78 is 5.64. The molecule has 0 saturated heterocycles. The van der Waals surface area contributed by atoms with E-state index in [1.807, 2.05) is 0 Å². The second-order valence-corrected chi connectivity index (χ2v) is 4.75. The Balaban J connectivity index is 2.07. The van der Waals surface area contributed by atoms with Gasteiger partial charge in [-0.05, 0) is 24.0 Å². The van der Waals surface area contributed by atoms with E-state index >= 15 is 0 Å². The van der Waals surface area contributed by atoms with Gasteiger partial charge in [-0.3, -0.25) is 0 Å². The lowest BCUT2D eigenvalue weighted by molar-refractivity contribution is 0.287. The van der Waals surface area contributed by atoms with Gasteiger partial charge in [0.05, 0.1) is 6.04 Å². The van der Waals surface area contributed by atoms with Crippen LogP contribution in [0.2, 0.25) is 0 Å². The van der Waals surface area contributed by atoms with Crippen molar-refractivity contribution in [1.82, 2.24) is 0 Å². The van der Waals surface area contributed by atoms with E-state index in [1.54, 1.807) is 0 Å². The molecule has 0 bridgehead atoms. The van der Waals surface area contributed by atoms with Crippen molar-refractivity contribution in [2.24, 2.45) is 10.9 Å². The van der Waals surface area contributed by atoms with Crippen LogP contribution in [0.15, 0.2) is 29.3 Å². The first-order chi connectivity index (χ1) is 7.66. The second-order valence-electron chi connectivity index (χ2n) is 4.75. The summed E-state index contributed by atoms with van der Waals surface area (Å²) in [6, 6.07) is 8.75. The van der Waals surface area contributed by atoms with E-state index in [9.17, 15) is 0 Å². The zero-order valence-corrected chi connectivity index (χ0v) is 10.2. The van der Waals surface area contributed by atoms with Crippen LogP contribution in [0.1, 0.15) is 25.0 Å². The maximum Gasteiger partial charge on any atom is 0.188 e. The van der Waals surface area contributed by atoms with Crippen LogP contribution in [-0.4, -0.2) is 18.5 Å². The minimum Gasteiger partial charge on any atom is -0.478 e. The van der Waals surface area contributed by atoms with Crippen molar-refractivity contribution in [3.8, 4) is 0 Å². The van der Waals surface area contributed by atoms with Gasteiger partial charge in [-0.15, -0.1) is 0 Å². The highest BCUT2D eigenvalue weighted by atomic mass is 16.5. The zero-order valence-electron chi connectivity index (χ0n) is 10.2. The summed E-state index contributed by atoms with van der Waals surface area (Å²) >= 11 is 0. The van der Waals surface area contributed by atoms with Crippen LogP contribution < -0.4 is 0 Å². The number of nitrogens with zero attached hydrogens (tertiary/aromatic N) is 1. The van der Waals surface area contributed by atoms with Crippen LogP contribution in [0.3, 0.4) is 0 Å². The highest BCUT2D eigenvalue weighted by Crippen LogP contribution is 2.17. The van der Waals surface area contributed by atoms with Gasteiger partial charge in [-0.2, -0.15) is 0 Å². The topological polar surface area (TPSA) is 21.6 Å². The normalized spacial score (nSPS) is 19.8. The molecule has 1 aliphatic rings. The Morgan fingerprint density at radius 1 is 1.38 bits per heavy atom. The molecule has 2 heteroatoms. The number of hydrogen-bond donors (Lipinski definition) is 0. The van der Waals surface area contributed by atoms with Crippen molar-refractivity contribution < 1.29 is 4.74 Å². The predicted octanol–water partition coefficient (Wildman–Crippen LogP) is 2.99. The molecule has 0 radical (unpaired) electrons. The Morgan fingerprint density at radius 3 is 2.75 bits per heavy atom. The van der Waals surface area contributed by atoms with E-state index in [0.717, 1.165) is 18.9 Å². The van der Waals surface area contributed by atoms with Crippen molar-refractivity contribution in [2.75, 3.05) is 6.61 Å². The summed E-state index contributed by atoms with van der Waals surface area (Å²) in [5, 5.41) is 0. The molecular weight excluding hydrogens is 198 g/mol. The largest absolute Gasteiger partial charge is 0.478 e. The number of benzene rings is 1. The molecule has 1 aliphatic heterocycles. The molecule has 1 aromatic carbocycles. The Bertz CT molecular complexity index is 395. The SMILES string of the molecule is Cc1ccccc1CC1=NC(C(C)C)CO1. The second kappa shape index (κ2) is 4.69. The summed E-state index contributed by atoms with van der Waals surface area (Å²) in [4.78, 5) is 4.62. The quantitative estimate of drug-likeness (QED) is 0.762. The molecule has 86 valence electrons. The fourth-order valence-corrected chi connectivity index (χ4v) is 1.85. The number of hydrogen-bond acceptors (Lipinski definition) is 2. The van der Waals surface area contributed by atoms with Gasteiger partial charge in [-0.25, -0.2) is 4.99 Å². The molecule has 0 amide bonds. The van der Waals surface area contributed by atoms with Gasteiger partial charge in [0.1, 0.15) is 6.61 Å². The third-order valence-electron chi connectivity index (χ3n) is 3.10. The third-order valence-corrected chi connectivity index (χ3v) is 3.10. The summed E-state index contributed by atoms with van der Waals surface area (Å²) in [7, 11) is 0. The Morgan fingerprint density at radius 2 is 2.12 bits per heavy atom. The van der Waals surface area contributed by atoms with Gasteiger partial charge in [0.15, 0.2) is 5.90 Å². The van der Waals surface area contributed by atoms with E-state index < -0.39 is 0 Å². The molecule has 1 aromatic rings. The molecule has 0 saturated carbocycles. The minimum absolute atomic E-state index is 0.346. The monoisotopic (exact) mass is 217 g/mol.